The molecule has 1 aromatic carbocycles. The van der Waals surface area contributed by atoms with Gasteiger partial charge in [0.25, 0.3) is 11.1 Å². The molecule has 0 aromatic heterocycles. The van der Waals surface area contributed by atoms with Crippen molar-refractivity contribution in [1.29, 1.82) is 0 Å². The number of hydrogen-bond acceptors (Lipinski definition) is 8. The Morgan fingerprint density at radius 3 is 2.56 bits per heavy atom. The van der Waals surface area contributed by atoms with Gasteiger partial charge in [-0.1, -0.05) is 23.9 Å². The maximum absolute atomic E-state index is 11.8. The quantitative estimate of drug-likeness (QED) is 0.456. The lowest BCUT2D eigenvalue weighted by Crippen LogP contribution is -2.27. The zero-order valence-electron chi connectivity index (χ0n) is 12.6. The van der Waals surface area contributed by atoms with Crippen molar-refractivity contribution < 1.29 is 23.9 Å². The van der Waals surface area contributed by atoms with Gasteiger partial charge in [0, 0.05) is 0 Å². The average molecular weight is 377 g/mol. The Hall–Kier alpha value is -2.59. The van der Waals surface area contributed by atoms with E-state index in [1.165, 1.54) is 0 Å². The number of rotatable bonds is 4. The molecule has 1 fully saturated rings. The summed E-state index contributed by atoms with van der Waals surface area (Å²) in [5.74, 6) is -1.20. The summed E-state index contributed by atoms with van der Waals surface area (Å²) in [5, 5.41) is 1.08. The van der Waals surface area contributed by atoms with Gasteiger partial charge >= 0.3 is 5.97 Å². The van der Waals surface area contributed by atoms with Gasteiger partial charge in [0.15, 0.2) is 5.17 Å². The second kappa shape index (κ2) is 7.11. The fourth-order valence-electron chi connectivity index (χ4n) is 2.06. The number of ether oxygens (including phenoxy) is 1. The Morgan fingerprint density at radius 2 is 2.00 bits per heavy atom. The molecule has 2 aliphatic heterocycles. The van der Waals surface area contributed by atoms with Gasteiger partial charge in [-0.15, -0.1) is 0 Å². The number of aliphatic imine (C=N–C) groups is 1. The number of benzene rings is 1. The minimum atomic E-state index is -0.764. The van der Waals surface area contributed by atoms with Crippen molar-refractivity contribution in [2.45, 2.75) is 11.7 Å². The summed E-state index contributed by atoms with van der Waals surface area (Å²) in [6.07, 6.45) is 1.43. The third kappa shape index (κ3) is 4.28. The van der Waals surface area contributed by atoms with Crippen LogP contribution in [0.2, 0.25) is 0 Å². The first-order valence-electron chi connectivity index (χ1n) is 7.01. The molecule has 0 aliphatic carbocycles. The molecule has 1 atom stereocenters. The van der Waals surface area contributed by atoms with Gasteiger partial charge in [-0.25, -0.2) is 0 Å². The molecule has 0 spiro atoms. The zero-order chi connectivity index (χ0) is 18.0. The van der Waals surface area contributed by atoms with Gasteiger partial charge in [0.2, 0.25) is 5.91 Å². The normalized spacial score (nSPS) is 21.4. The number of nitrogens with two attached hydrogens (primary N) is 1. The van der Waals surface area contributed by atoms with E-state index in [0.717, 1.165) is 29.1 Å². The van der Waals surface area contributed by atoms with Crippen LogP contribution in [-0.4, -0.2) is 33.4 Å². The molecular formula is C15H11N3O5S2. The van der Waals surface area contributed by atoms with Crippen molar-refractivity contribution in [3.8, 4) is 5.75 Å². The Bertz CT molecular complexity index is 832. The highest BCUT2D eigenvalue weighted by Gasteiger charge is 2.33. The van der Waals surface area contributed by atoms with Crippen LogP contribution < -0.4 is 15.8 Å². The molecule has 0 saturated carbocycles. The third-order valence-corrected chi connectivity index (χ3v) is 4.96. The number of thioether (sulfide) groups is 2. The van der Waals surface area contributed by atoms with Gasteiger partial charge < -0.3 is 10.5 Å². The van der Waals surface area contributed by atoms with E-state index in [4.69, 9.17) is 10.5 Å². The summed E-state index contributed by atoms with van der Waals surface area (Å²) in [6.45, 7) is 0. The van der Waals surface area contributed by atoms with Crippen molar-refractivity contribution >= 4 is 57.8 Å². The molecule has 8 nitrogen and oxygen atoms in total. The van der Waals surface area contributed by atoms with Gasteiger partial charge in [-0.05, 0) is 35.5 Å². The van der Waals surface area contributed by atoms with E-state index in [2.05, 4.69) is 10.3 Å². The van der Waals surface area contributed by atoms with Crippen LogP contribution in [0, 0.1) is 0 Å². The SMILES string of the molecule is NC1=NC(=O)/C(=C/c2ccc(OC(=O)CC3SC(=O)NC3=O)cc2)S1. The number of esters is 1. The highest BCUT2D eigenvalue weighted by Crippen LogP contribution is 2.27. The lowest BCUT2D eigenvalue weighted by molar-refractivity contribution is -0.135. The molecule has 3 N–H and O–H groups in total. The number of nitrogens with zero attached hydrogens (tertiary/aromatic N) is 1. The van der Waals surface area contributed by atoms with Gasteiger partial charge in [0.05, 0.1) is 11.3 Å². The lowest BCUT2D eigenvalue weighted by Gasteiger charge is -2.06. The first-order valence-corrected chi connectivity index (χ1v) is 8.70. The van der Waals surface area contributed by atoms with Crippen molar-refractivity contribution in [1.82, 2.24) is 5.32 Å². The summed E-state index contributed by atoms with van der Waals surface area (Å²) >= 11 is 1.86. The second-order valence-corrected chi connectivity index (χ2v) is 7.23. The number of nitrogens with one attached hydrogen (secondary N) is 1. The molecule has 10 heteroatoms. The lowest BCUT2D eigenvalue weighted by atomic mass is 10.2. The van der Waals surface area contributed by atoms with Crippen LogP contribution in [0.15, 0.2) is 34.2 Å². The Balaban J connectivity index is 1.58. The van der Waals surface area contributed by atoms with Crippen LogP contribution in [-0.2, 0) is 14.4 Å². The Morgan fingerprint density at radius 1 is 1.28 bits per heavy atom. The zero-order valence-corrected chi connectivity index (χ0v) is 14.2. The van der Waals surface area contributed by atoms with Gasteiger partial charge in [0.1, 0.15) is 11.0 Å². The van der Waals surface area contributed by atoms with Crippen LogP contribution >= 0.6 is 23.5 Å². The van der Waals surface area contributed by atoms with Gasteiger partial charge in [-0.2, -0.15) is 4.99 Å². The largest absolute Gasteiger partial charge is 0.426 e. The number of carbonyl (C=O) groups excluding carboxylic acids is 4. The summed E-state index contributed by atoms with van der Waals surface area (Å²) in [5.41, 5.74) is 6.20. The molecular weight excluding hydrogens is 366 g/mol. The van der Waals surface area contributed by atoms with Crippen LogP contribution in [0.25, 0.3) is 6.08 Å². The summed E-state index contributed by atoms with van der Waals surface area (Å²) in [6, 6.07) is 6.45. The maximum Gasteiger partial charge on any atom is 0.312 e. The highest BCUT2D eigenvalue weighted by molar-refractivity contribution is 8.18. The molecule has 1 unspecified atom stereocenters. The number of hydrogen-bond donors (Lipinski definition) is 2. The number of amides is 3. The van der Waals surface area contributed by atoms with E-state index < -0.39 is 22.4 Å². The summed E-state index contributed by atoms with van der Waals surface area (Å²) in [4.78, 5) is 49.9. The van der Waals surface area contributed by atoms with E-state index in [9.17, 15) is 19.2 Å². The molecule has 25 heavy (non-hydrogen) atoms. The van der Waals surface area contributed by atoms with Gasteiger partial charge in [-0.3, -0.25) is 24.5 Å². The van der Waals surface area contributed by atoms with Crippen molar-refractivity contribution in [2.75, 3.05) is 0 Å². The van der Waals surface area contributed by atoms with Crippen molar-refractivity contribution in [3.63, 3.8) is 0 Å². The summed E-state index contributed by atoms with van der Waals surface area (Å²) < 4.78 is 5.14. The predicted octanol–water partition coefficient (Wildman–Crippen LogP) is 1.26. The van der Waals surface area contributed by atoms with E-state index in [1.54, 1.807) is 30.3 Å². The highest BCUT2D eigenvalue weighted by atomic mass is 32.2. The van der Waals surface area contributed by atoms with Crippen LogP contribution in [0.4, 0.5) is 4.79 Å². The fourth-order valence-corrected chi connectivity index (χ4v) is 3.55. The molecule has 3 rings (SSSR count). The first kappa shape index (κ1) is 17.2. The molecule has 2 heterocycles. The predicted molar refractivity (Wildman–Crippen MR) is 93.8 cm³/mol. The third-order valence-electron chi connectivity index (χ3n) is 3.17. The van der Waals surface area contributed by atoms with E-state index >= 15 is 0 Å². The summed E-state index contributed by atoms with van der Waals surface area (Å²) in [7, 11) is 0. The smallest absolute Gasteiger partial charge is 0.312 e. The standard InChI is InChI=1S/C15H11N3O5S2/c16-14-17-12(20)9(24-14)5-7-1-3-8(4-2-7)23-11(19)6-10-13(21)18-15(22)25-10/h1-5,10H,6H2,(H2,16,17,20)(H,18,21,22)/b9-5-. The molecule has 0 radical (unpaired) electrons. The number of imide groups is 1. The van der Waals surface area contributed by atoms with E-state index in [-0.39, 0.29) is 17.5 Å². The Labute approximate surface area is 150 Å². The van der Waals surface area contributed by atoms with Crippen molar-refractivity contribution in [2.24, 2.45) is 10.7 Å². The monoisotopic (exact) mass is 377 g/mol. The second-order valence-electron chi connectivity index (χ2n) is 5.00. The topological polar surface area (TPSA) is 128 Å². The molecule has 2 aliphatic rings. The maximum atomic E-state index is 11.8. The van der Waals surface area contributed by atoms with Crippen LogP contribution in [0.3, 0.4) is 0 Å². The molecule has 1 saturated heterocycles. The first-order chi connectivity index (χ1) is 11.9. The number of carbonyl (C=O) groups is 4. The van der Waals surface area contributed by atoms with Crippen molar-refractivity contribution in [3.05, 3.63) is 34.7 Å². The minimum absolute atomic E-state index is 0.199. The van der Waals surface area contributed by atoms with Crippen LogP contribution in [0.5, 0.6) is 5.75 Å². The Kier molecular flexibility index (Phi) is 4.91. The molecule has 3 amide bonds. The van der Waals surface area contributed by atoms with E-state index in [0.29, 0.717) is 10.7 Å². The fraction of sp³-hybridized carbons (Fsp3) is 0.133. The molecule has 0 bridgehead atoms. The van der Waals surface area contributed by atoms with E-state index in [1.807, 2.05) is 0 Å². The van der Waals surface area contributed by atoms with Crippen LogP contribution in [0.1, 0.15) is 12.0 Å². The average Bonchev–Trinajstić information content (AvgIpc) is 3.02. The minimum Gasteiger partial charge on any atom is -0.426 e. The number of amidine groups is 1. The molecule has 128 valence electrons. The molecule has 1 aromatic rings.